The molecule has 1 aromatic carbocycles. The highest BCUT2D eigenvalue weighted by Crippen LogP contribution is 2.49. The molecule has 0 spiro atoms. The molecule has 2 saturated carbocycles. The highest BCUT2D eigenvalue weighted by Gasteiger charge is 2.39. The van der Waals surface area contributed by atoms with Crippen molar-refractivity contribution in [3.05, 3.63) is 34.9 Å². The van der Waals surface area contributed by atoms with Gasteiger partial charge in [0, 0.05) is 30.1 Å². The number of benzene rings is 1. The van der Waals surface area contributed by atoms with Crippen molar-refractivity contribution < 1.29 is 9.59 Å². The molecule has 124 valence electrons. The standard InChI is InChI=1S/C18H23ClN2O2/c19-16-5-3-13(4-6-16)18(23)21-8-7-20-17(22)11-15-10-12-1-2-14(15)9-12/h3-6,12,14-15H,1-2,7-11H2,(H,20,22)(H,21,23). The van der Waals surface area contributed by atoms with Crippen molar-refractivity contribution in [3.8, 4) is 0 Å². The van der Waals surface area contributed by atoms with Crippen molar-refractivity contribution in [2.24, 2.45) is 17.8 Å². The molecule has 3 atom stereocenters. The molecule has 0 saturated heterocycles. The first-order valence-corrected chi connectivity index (χ1v) is 8.80. The van der Waals surface area contributed by atoms with E-state index in [9.17, 15) is 9.59 Å². The quantitative estimate of drug-likeness (QED) is 0.786. The fourth-order valence-electron chi connectivity index (χ4n) is 4.02. The Morgan fingerprint density at radius 3 is 2.43 bits per heavy atom. The predicted octanol–water partition coefficient (Wildman–Crippen LogP) is 3.01. The summed E-state index contributed by atoms with van der Waals surface area (Å²) in [6.45, 7) is 0.906. The Morgan fingerprint density at radius 1 is 1.04 bits per heavy atom. The van der Waals surface area contributed by atoms with Crippen LogP contribution in [-0.4, -0.2) is 24.9 Å². The average Bonchev–Trinajstić information content (AvgIpc) is 3.15. The zero-order chi connectivity index (χ0) is 16.2. The van der Waals surface area contributed by atoms with Crippen molar-refractivity contribution in [1.29, 1.82) is 0 Å². The van der Waals surface area contributed by atoms with Gasteiger partial charge in [-0.05, 0) is 61.3 Å². The van der Waals surface area contributed by atoms with E-state index in [1.54, 1.807) is 24.3 Å². The Bertz CT molecular complexity index is 573. The van der Waals surface area contributed by atoms with Gasteiger partial charge >= 0.3 is 0 Å². The van der Waals surface area contributed by atoms with Crippen LogP contribution in [0.2, 0.25) is 5.02 Å². The molecule has 3 unspecified atom stereocenters. The van der Waals surface area contributed by atoms with Crippen molar-refractivity contribution >= 4 is 23.4 Å². The maximum absolute atomic E-state index is 12.0. The summed E-state index contributed by atoms with van der Waals surface area (Å²) in [6.07, 6.45) is 5.87. The molecule has 3 rings (SSSR count). The van der Waals surface area contributed by atoms with Crippen LogP contribution in [0.25, 0.3) is 0 Å². The number of halogens is 1. The highest BCUT2D eigenvalue weighted by atomic mass is 35.5. The van der Waals surface area contributed by atoms with Gasteiger partial charge in [-0.25, -0.2) is 0 Å². The maximum Gasteiger partial charge on any atom is 0.251 e. The van der Waals surface area contributed by atoms with Gasteiger partial charge in [0.1, 0.15) is 0 Å². The number of fused-ring (bicyclic) bond motifs is 2. The molecule has 2 amide bonds. The number of nitrogens with one attached hydrogen (secondary N) is 2. The van der Waals surface area contributed by atoms with E-state index >= 15 is 0 Å². The van der Waals surface area contributed by atoms with E-state index in [1.165, 1.54) is 25.7 Å². The Labute approximate surface area is 142 Å². The zero-order valence-corrected chi connectivity index (χ0v) is 13.9. The summed E-state index contributed by atoms with van der Waals surface area (Å²) in [5, 5.41) is 6.31. The van der Waals surface area contributed by atoms with Gasteiger partial charge in [0.25, 0.3) is 5.91 Å². The van der Waals surface area contributed by atoms with E-state index in [2.05, 4.69) is 10.6 Å². The van der Waals surface area contributed by atoms with Gasteiger partial charge in [0.05, 0.1) is 0 Å². The summed E-state index contributed by atoms with van der Waals surface area (Å²) < 4.78 is 0. The van der Waals surface area contributed by atoms with Crippen LogP contribution in [0.15, 0.2) is 24.3 Å². The summed E-state index contributed by atoms with van der Waals surface area (Å²) in [4.78, 5) is 23.9. The molecule has 0 heterocycles. The monoisotopic (exact) mass is 334 g/mol. The molecule has 23 heavy (non-hydrogen) atoms. The third kappa shape index (κ3) is 4.25. The van der Waals surface area contributed by atoms with Gasteiger partial charge in [0.2, 0.25) is 5.91 Å². The van der Waals surface area contributed by atoms with Crippen LogP contribution in [-0.2, 0) is 4.79 Å². The van der Waals surface area contributed by atoms with E-state index in [1.807, 2.05) is 0 Å². The van der Waals surface area contributed by atoms with Gasteiger partial charge in [-0.2, -0.15) is 0 Å². The van der Waals surface area contributed by atoms with Gasteiger partial charge in [-0.1, -0.05) is 18.0 Å². The third-order valence-corrected chi connectivity index (χ3v) is 5.42. The molecule has 2 aliphatic rings. The second kappa shape index (κ2) is 7.35. The minimum atomic E-state index is -0.149. The molecule has 2 N–H and O–H groups in total. The lowest BCUT2D eigenvalue weighted by molar-refractivity contribution is -0.122. The molecule has 0 aliphatic heterocycles. The minimum Gasteiger partial charge on any atom is -0.354 e. The molecular formula is C18H23ClN2O2. The molecule has 1 aromatic rings. The van der Waals surface area contributed by atoms with Gasteiger partial charge in [-0.3, -0.25) is 9.59 Å². The fourth-order valence-corrected chi connectivity index (χ4v) is 4.14. The fraction of sp³-hybridized carbons (Fsp3) is 0.556. The van der Waals surface area contributed by atoms with Crippen molar-refractivity contribution in [2.45, 2.75) is 32.1 Å². The number of amides is 2. The SMILES string of the molecule is O=C(CC1CC2CCC1C2)NCCNC(=O)c1ccc(Cl)cc1. The Morgan fingerprint density at radius 2 is 1.78 bits per heavy atom. The largest absolute Gasteiger partial charge is 0.354 e. The maximum atomic E-state index is 12.0. The minimum absolute atomic E-state index is 0.114. The Balaban J connectivity index is 1.32. The molecule has 2 aliphatic carbocycles. The lowest BCUT2D eigenvalue weighted by atomic mass is 9.86. The average molecular weight is 335 g/mol. The van der Waals surface area contributed by atoms with Crippen LogP contribution in [0, 0.1) is 17.8 Å². The van der Waals surface area contributed by atoms with E-state index in [4.69, 9.17) is 11.6 Å². The number of hydrogen-bond donors (Lipinski definition) is 2. The molecule has 2 fully saturated rings. The molecule has 5 heteroatoms. The first kappa shape index (κ1) is 16.3. The number of carbonyl (C=O) groups excluding carboxylic acids is 2. The van der Waals surface area contributed by atoms with Crippen LogP contribution in [0.3, 0.4) is 0 Å². The zero-order valence-electron chi connectivity index (χ0n) is 13.2. The number of rotatable bonds is 6. The van der Waals surface area contributed by atoms with Crippen LogP contribution in [0.1, 0.15) is 42.5 Å². The Kier molecular flexibility index (Phi) is 5.21. The lowest BCUT2D eigenvalue weighted by Crippen LogP contribution is -2.35. The highest BCUT2D eigenvalue weighted by molar-refractivity contribution is 6.30. The summed E-state index contributed by atoms with van der Waals surface area (Å²) in [5.74, 6) is 2.19. The van der Waals surface area contributed by atoms with E-state index in [0.717, 1.165) is 11.8 Å². The van der Waals surface area contributed by atoms with Crippen LogP contribution >= 0.6 is 11.6 Å². The van der Waals surface area contributed by atoms with Gasteiger partial charge in [-0.15, -0.1) is 0 Å². The second-order valence-electron chi connectivity index (χ2n) is 6.75. The van der Waals surface area contributed by atoms with Crippen molar-refractivity contribution in [1.82, 2.24) is 10.6 Å². The first-order chi connectivity index (χ1) is 11.1. The molecule has 0 aromatic heterocycles. The molecule has 0 radical (unpaired) electrons. The van der Waals surface area contributed by atoms with E-state index in [0.29, 0.717) is 36.0 Å². The summed E-state index contributed by atoms with van der Waals surface area (Å²) in [6, 6.07) is 6.75. The number of carbonyl (C=O) groups is 2. The van der Waals surface area contributed by atoms with Crippen LogP contribution in [0.5, 0.6) is 0 Å². The topological polar surface area (TPSA) is 58.2 Å². The van der Waals surface area contributed by atoms with Crippen LogP contribution < -0.4 is 10.6 Å². The molecule has 2 bridgehead atoms. The predicted molar refractivity (Wildman–Crippen MR) is 90.3 cm³/mol. The van der Waals surface area contributed by atoms with E-state index < -0.39 is 0 Å². The smallest absolute Gasteiger partial charge is 0.251 e. The van der Waals surface area contributed by atoms with Crippen molar-refractivity contribution in [3.63, 3.8) is 0 Å². The lowest BCUT2D eigenvalue weighted by Gasteiger charge is -2.20. The summed E-state index contributed by atoms with van der Waals surface area (Å²) in [7, 11) is 0. The van der Waals surface area contributed by atoms with E-state index in [-0.39, 0.29) is 11.8 Å². The molecular weight excluding hydrogens is 312 g/mol. The normalized spacial score (nSPS) is 25.3. The third-order valence-electron chi connectivity index (χ3n) is 5.17. The summed E-state index contributed by atoms with van der Waals surface area (Å²) in [5.41, 5.74) is 0.572. The van der Waals surface area contributed by atoms with Gasteiger partial charge < -0.3 is 10.6 Å². The Hall–Kier alpha value is -1.55. The summed E-state index contributed by atoms with van der Waals surface area (Å²) >= 11 is 5.79. The first-order valence-electron chi connectivity index (χ1n) is 8.42. The second-order valence-corrected chi connectivity index (χ2v) is 7.19. The van der Waals surface area contributed by atoms with Gasteiger partial charge in [0.15, 0.2) is 0 Å². The number of hydrogen-bond acceptors (Lipinski definition) is 2. The van der Waals surface area contributed by atoms with Crippen LogP contribution in [0.4, 0.5) is 0 Å². The van der Waals surface area contributed by atoms with Crippen molar-refractivity contribution in [2.75, 3.05) is 13.1 Å². The molecule has 4 nitrogen and oxygen atoms in total.